The zero-order valence-corrected chi connectivity index (χ0v) is 11.7. The molecule has 0 spiro atoms. The Balaban J connectivity index is 1.88. The first-order chi connectivity index (χ1) is 10.8. The number of ether oxygens (including phenoxy) is 2. The fraction of sp³-hybridized carbons (Fsp3) is 0.105. The van der Waals surface area contributed by atoms with Crippen LogP contribution in [-0.4, -0.2) is 12.3 Å². The Hall–Kier alpha value is -2.81. The summed E-state index contributed by atoms with van der Waals surface area (Å²) in [5, 5.41) is 4.71. The zero-order chi connectivity index (χ0) is 14.7. The van der Waals surface area contributed by atoms with Crippen LogP contribution in [-0.2, 0) is 9.47 Å². The van der Waals surface area contributed by atoms with Gasteiger partial charge in [0.2, 0.25) is 0 Å². The molecule has 1 saturated heterocycles. The first kappa shape index (κ1) is 11.8. The van der Waals surface area contributed by atoms with Crippen LogP contribution < -0.4 is 0 Å². The highest BCUT2D eigenvalue weighted by Gasteiger charge is 2.40. The SMILES string of the molecule is O=C1O[C@H]2C=Cc3ccc4c(ccc5ccccc54)c3[C@H]2O1. The van der Waals surface area contributed by atoms with Crippen molar-refractivity contribution in [3.8, 4) is 0 Å². The van der Waals surface area contributed by atoms with Gasteiger partial charge < -0.3 is 9.47 Å². The molecule has 1 aliphatic carbocycles. The molecule has 2 aliphatic rings. The molecule has 3 aromatic rings. The second-order valence-corrected chi connectivity index (χ2v) is 5.68. The summed E-state index contributed by atoms with van der Waals surface area (Å²) < 4.78 is 10.6. The van der Waals surface area contributed by atoms with Gasteiger partial charge in [-0.3, -0.25) is 0 Å². The van der Waals surface area contributed by atoms with Crippen molar-refractivity contribution >= 4 is 33.8 Å². The molecular weight excluding hydrogens is 276 g/mol. The van der Waals surface area contributed by atoms with E-state index >= 15 is 0 Å². The Bertz CT molecular complexity index is 971. The highest BCUT2D eigenvalue weighted by molar-refractivity contribution is 6.09. The normalized spacial score (nSPS) is 22.3. The molecule has 1 fully saturated rings. The van der Waals surface area contributed by atoms with Gasteiger partial charge in [-0.1, -0.05) is 54.6 Å². The van der Waals surface area contributed by atoms with Crippen LogP contribution >= 0.6 is 0 Å². The smallest absolute Gasteiger partial charge is 0.422 e. The van der Waals surface area contributed by atoms with Crippen molar-refractivity contribution in [1.82, 2.24) is 0 Å². The molecule has 0 amide bonds. The van der Waals surface area contributed by atoms with Crippen LogP contribution in [0.4, 0.5) is 4.79 Å². The minimum atomic E-state index is -0.592. The van der Waals surface area contributed by atoms with Gasteiger partial charge in [0, 0.05) is 5.56 Å². The molecule has 1 aliphatic heterocycles. The highest BCUT2D eigenvalue weighted by atomic mass is 16.8. The quantitative estimate of drug-likeness (QED) is 0.448. The number of carbonyl (C=O) groups is 1. The van der Waals surface area contributed by atoms with Crippen LogP contribution in [0.3, 0.4) is 0 Å². The maximum absolute atomic E-state index is 11.5. The van der Waals surface area contributed by atoms with Crippen molar-refractivity contribution in [3.63, 3.8) is 0 Å². The van der Waals surface area contributed by atoms with Gasteiger partial charge >= 0.3 is 6.16 Å². The predicted molar refractivity (Wildman–Crippen MR) is 84.6 cm³/mol. The Morgan fingerprint density at radius 3 is 2.64 bits per heavy atom. The van der Waals surface area contributed by atoms with Crippen molar-refractivity contribution in [2.24, 2.45) is 0 Å². The number of hydrogen-bond donors (Lipinski definition) is 0. The minimum Gasteiger partial charge on any atom is -0.422 e. The van der Waals surface area contributed by atoms with Crippen molar-refractivity contribution in [2.45, 2.75) is 12.2 Å². The lowest BCUT2D eigenvalue weighted by molar-refractivity contribution is 0.118. The molecule has 0 bridgehead atoms. The molecule has 3 nitrogen and oxygen atoms in total. The van der Waals surface area contributed by atoms with E-state index in [-0.39, 0.29) is 12.2 Å². The van der Waals surface area contributed by atoms with Gasteiger partial charge in [-0.05, 0) is 33.2 Å². The van der Waals surface area contributed by atoms with E-state index in [0.717, 1.165) is 16.5 Å². The monoisotopic (exact) mass is 288 g/mol. The molecule has 5 rings (SSSR count). The minimum absolute atomic E-state index is 0.322. The van der Waals surface area contributed by atoms with Crippen molar-refractivity contribution in [3.05, 3.63) is 65.7 Å². The van der Waals surface area contributed by atoms with E-state index in [9.17, 15) is 4.79 Å². The van der Waals surface area contributed by atoms with Crippen LogP contribution in [0.5, 0.6) is 0 Å². The van der Waals surface area contributed by atoms with E-state index < -0.39 is 6.16 Å². The number of benzene rings is 3. The summed E-state index contributed by atoms with van der Waals surface area (Å²) in [6.07, 6.45) is 2.64. The molecule has 2 atom stereocenters. The summed E-state index contributed by atoms with van der Waals surface area (Å²) in [5.74, 6) is 0. The summed E-state index contributed by atoms with van der Waals surface area (Å²) >= 11 is 0. The standard InChI is InChI=1S/C19H12O3/c20-19-21-16-10-7-12-6-8-14-13-4-2-1-3-11(13)5-9-15(14)17(12)18(16)22-19/h1-10,16,18H/t16-,18-/m0/s1. The number of fused-ring (bicyclic) bond motifs is 7. The predicted octanol–water partition coefficient (Wildman–Crippen LogP) is 4.60. The van der Waals surface area contributed by atoms with Crippen LogP contribution in [0.2, 0.25) is 0 Å². The third kappa shape index (κ3) is 1.48. The summed E-state index contributed by atoms with van der Waals surface area (Å²) in [6, 6.07) is 16.8. The zero-order valence-electron chi connectivity index (χ0n) is 11.7. The molecule has 1 heterocycles. The van der Waals surface area contributed by atoms with Gasteiger partial charge in [-0.15, -0.1) is 0 Å². The Kier molecular flexibility index (Phi) is 2.20. The molecule has 106 valence electrons. The van der Waals surface area contributed by atoms with Gasteiger partial charge in [-0.2, -0.15) is 0 Å². The highest BCUT2D eigenvalue weighted by Crippen LogP contribution is 2.42. The first-order valence-corrected chi connectivity index (χ1v) is 7.31. The fourth-order valence-electron chi connectivity index (χ4n) is 3.52. The first-order valence-electron chi connectivity index (χ1n) is 7.31. The van der Waals surface area contributed by atoms with E-state index in [1.54, 1.807) is 0 Å². The molecule has 0 N–H and O–H groups in total. The van der Waals surface area contributed by atoms with Crippen molar-refractivity contribution in [2.75, 3.05) is 0 Å². The fourth-order valence-corrected chi connectivity index (χ4v) is 3.52. The Labute approximate surface area is 126 Å². The third-order valence-electron chi connectivity index (χ3n) is 4.51. The lowest BCUT2D eigenvalue weighted by Gasteiger charge is -2.22. The maximum Gasteiger partial charge on any atom is 0.509 e. The van der Waals surface area contributed by atoms with E-state index in [1.807, 2.05) is 24.3 Å². The topological polar surface area (TPSA) is 35.5 Å². The maximum atomic E-state index is 11.5. The van der Waals surface area contributed by atoms with E-state index in [1.165, 1.54) is 16.2 Å². The average Bonchev–Trinajstić information content (AvgIpc) is 2.94. The summed E-state index contributed by atoms with van der Waals surface area (Å²) in [6.45, 7) is 0. The van der Waals surface area contributed by atoms with E-state index in [2.05, 4.69) is 36.4 Å². The lowest BCUT2D eigenvalue weighted by atomic mass is 9.87. The van der Waals surface area contributed by atoms with Crippen LogP contribution in [0.1, 0.15) is 17.2 Å². The second-order valence-electron chi connectivity index (χ2n) is 5.68. The van der Waals surface area contributed by atoms with Crippen LogP contribution in [0.15, 0.2) is 54.6 Å². The molecule has 22 heavy (non-hydrogen) atoms. The average molecular weight is 288 g/mol. The Morgan fingerprint density at radius 1 is 0.818 bits per heavy atom. The second kappa shape index (κ2) is 4.10. The van der Waals surface area contributed by atoms with Gasteiger partial charge in [0.15, 0.2) is 12.2 Å². The van der Waals surface area contributed by atoms with Gasteiger partial charge in [0.05, 0.1) is 0 Å². The molecule has 0 radical (unpaired) electrons. The van der Waals surface area contributed by atoms with E-state index in [0.29, 0.717) is 0 Å². The molecule has 0 unspecified atom stereocenters. The van der Waals surface area contributed by atoms with Crippen molar-refractivity contribution < 1.29 is 14.3 Å². The summed E-state index contributed by atoms with van der Waals surface area (Å²) in [7, 11) is 0. The van der Waals surface area contributed by atoms with Gasteiger partial charge in [-0.25, -0.2) is 4.79 Å². The van der Waals surface area contributed by atoms with Crippen molar-refractivity contribution in [1.29, 1.82) is 0 Å². The summed E-state index contributed by atoms with van der Waals surface area (Å²) in [5.41, 5.74) is 2.13. The molecule has 0 saturated carbocycles. The number of carbonyl (C=O) groups excluding carboxylic acids is 1. The summed E-state index contributed by atoms with van der Waals surface area (Å²) in [4.78, 5) is 11.5. The number of rotatable bonds is 0. The van der Waals surface area contributed by atoms with Crippen LogP contribution in [0.25, 0.3) is 27.6 Å². The molecule has 0 aromatic heterocycles. The van der Waals surface area contributed by atoms with Gasteiger partial charge in [0.25, 0.3) is 0 Å². The Morgan fingerprint density at radius 2 is 1.68 bits per heavy atom. The van der Waals surface area contributed by atoms with Gasteiger partial charge in [0.1, 0.15) is 0 Å². The largest absolute Gasteiger partial charge is 0.509 e. The van der Waals surface area contributed by atoms with E-state index in [4.69, 9.17) is 9.47 Å². The van der Waals surface area contributed by atoms with Crippen LogP contribution in [0, 0.1) is 0 Å². The molecular formula is C19H12O3. The number of hydrogen-bond acceptors (Lipinski definition) is 3. The molecule has 3 heteroatoms. The molecule has 3 aromatic carbocycles. The third-order valence-corrected chi connectivity index (χ3v) is 4.51. The lowest BCUT2D eigenvalue weighted by Crippen LogP contribution is -2.16.